The molecule has 0 saturated carbocycles. The van der Waals surface area contributed by atoms with Crippen molar-refractivity contribution in [1.82, 2.24) is 4.72 Å². The number of sulfonamides is 1. The van der Waals surface area contributed by atoms with E-state index in [1.54, 1.807) is 0 Å². The minimum Gasteiger partial charge on any atom is -0.372 e. The SMILES string of the molecule is CNS(=O)(=O)c1cc(C(=O)Nc2ccc(N3CCCC3)cc2C)ccc1Cl. The van der Waals surface area contributed by atoms with Gasteiger partial charge in [-0.2, -0.15) is 0 Å². The lowest BCUT2D eigenvalue weighted by molar-refractivity contribution is 0.102. The second-order valence-electron chi connectivity index (χ2n) is 6.50. The van der Waals surface area contributed by atoms with E-state index in [-0.39, 0.29) is 15.5 Å². The number of aryl methyl sites for hydroxylation is 1. The second-order valence-corrected chi connectivity index (χ2v) is 8.76. The zero-order chi connectivity index (χ0) is 19.6. The maximum Gasteiger partial charge on any atom is 0.255 e. The minimum atomic E-state index is -3.75. The number of nitrogens with zero attached hydrogens (tertiary/aromatic N) is 1. The molecule has 2 N–H and O–H groups in total. The summed E-state index contributed by atoms with van der Waals surface area (Å²) in [6.45, 7) is 4.05. The third-order valence-electron chi connectivity index (χ3n) is 4.68. The first-order valence-corrected chi connectivity index (χ1v) is 10.6. The van der Waals surface area contributed by atoms with Crippen molar-refractivity contribution < 1.29 is 13.2 Å². The van der Waals surface area contributed by atoms with E-state index in [4.69, 9.17) is 11.6 Å². The Morgan fingerprint density at radius 3 is 2.44 bits per heavy atom. The molecule has 1 amide bonds. The Kier molecular flexibility index (Phi) is 5.74. The van der Waals surface area contributed by atoms with Gasteiger partial charge in [-0.25, -0.2) is 13.1 Å². The Morgan fingerprint density at radius 2 is 1.81 bits per heavy atom. The monoisotopic (exact) mass is 407 g/mol. The van der Waals surface area contributed by atoms with Gasteiger partial charge >= 0.3 is 0 Å². The van der Waals surface area contributed by atoms with Gasteiger partial charge < -0.3 is 10.2 Å². The summed E-state index contributed by atoms with van der Waals surface area (Å²) < 4.78 is 26.3. The van der Waals surface area contributed by atoms with Crippen molar-refractivity contribution in [1.29, 1.82) is 0 Å². The van der Waals surface area contributed by atoms with E-state index in [0.29, 0.717) is 5.69 Å². The number of benzene rings is 2. The molecule has 0 radical (unpaired) electrons. The maximum absolute atomic E-state index is 12.6. The molecule has 3 rings (SSSR count). The third-order valence-corrected chi connectivity index (χ3v) is 6.58. The molecule has 27 heavy (non-hydrogen) atoms. The van der Waals surface area contributed by atoms with Crippen molar-refractivity contribution in [3.63, 3.8) is 0 Å². The number of anilines is 2. The number of nitrogens with one attached hydrogen (secondary N) is 2. The normalized spacial score (nSPS) is 14.4. The van der Waals surface area contributed by atoms with Crippen LogP contribution in [0.25, 0.3) is 0 Å². The van der Waals surface area contributed by atoms with Crippen LogP contribution in [-0.2, 0) is 10.0 Å². The Hall–Kier alpha value is -2.09. The number of rotatable bonds is 5. The number of hydrogen-bond acceptors (Lipinski definition) is 4. The standard InChI is InChI=1S/C19H22ClN3O3S/c1-13-11-15(23-9-3-4-10-23)6-8-17(13)22-19(24)14-5-7-16(20)18(12-14)27(25,26)21-2/h5-8,11-12,21H,3-4,9-10H2,1-2H3,(H,22,24). The minimum absolute atomic E-state index is 0.0621. The van der Waals surface area contributed by atoms with Gasteiger partial charge in [-0.3, -0.25) is 4.79 Å². The number of hydrogen-bond donors (Lipinski definition) is 2. The summed E-state index contributed by atoms with van der Waals surface area (Å²) in [5.41, 5.74) is 3.01. The molecule has 0 aromatic heterocycles. The van der Waals surface area contributed by atoms with Crippen LogP contribution in [0, 0.1) is 6.92 Å². The van der Waals surface area contributed by atoms with E-state index in [0.717, 1.165) is 24.3 Å². The highest BCUT2D eigenvalue weighted by molar-refractivity contribution is 7.89. The third kappa shape index (κ3) is 4.26. The lowest BCUT2D eigenvalue weighted by Gasteiger charge is -2.19. The molecule has 2 aromatic carbocycles. The first-order valence-electron chi connectivity index (χ1n) is 8.72. The summed E-state index contributed by atoms with van der Waals surface area (Å²) >= 11 is 5.97. The van der Waals surface area contributed by atoms with Gasteiger partial charge in [0, 0.05) is 30.0 Å². The van der Waals surface area contributed by atoms with E-state index in [1.165, 1.54) is 38.1 Å². The molecule has 8 heteroatoms. The van der Waals surface area contributed by atoms with Gasteiger partial charge in [0.15, 0.2) is 0 Å². The van der Waals surface area contributed by atoms with Crippen LogP contribution in [0.2, 0.25) is 5.02 Å². The fourth-order valence-electron chi connectivity index (χ4n) is 3.12. The highest BCUT2D eigenvalue weighted by atomic mass is 35.5. The van der Waals surface area contributed by atoms with Gasteiger partial charge in [-0.05, 0) is 68.8 Å². The molecule has 2 aromatic rings. The molecule has 1 aliphatic rings. The summed E-state index contributed by atoms with van der Waals surface area (Å²) in [5, 5.41) is 2.91. The molecule has 1 aliphatic heterocycles. The van der Waals surface area contributed by atoms with Crippen LogP contribution in [0.4, 0.5) is 11.4 Å². The molecule has 0 unspecified atom stereocenters. The molecule has 0 spiro atoms. The zero-order valence-corrected chi connectivity index (χ0v) is 16.8. The van der Waals surface area contributed by atoms with E-state index in [2.05, 4.69) is 21.0 Å². The van der Waals surface area contributed by atoms with E-state index in [1.807, 2.05) is 19.1 Å². The molecule has 1 heterocycles. The maximum atomic E-state index is 12.6. The van der Waals surface area contributed by atoms with Crippen molar-refractivity contribution in [2.24, 2.45) is 0 Å². The first kappa shape index (κ1) is 19.7. The van der Waals surface area contributed by atoms with Gasteiger partial charge in [-0.1, -0.05) is 11.6 Å². The molecule has 144 valence electrons. The van der Waals surface area contributed by atoms with Crippen LogP contribution in [-0.4, -0.2) is 34.5 Å². The van der Waals surface area contributed by atoms with Crippen LogP contribution >= 0.6 is 11.6 Å². The molecule has 6 nitrogen and oxygen atoms in total. The molecule has 1 fully saturated rings. The van der Waals surface area contributed by atoms with Crippen LogP contribution in [0.15, 0.2) is 41.3 Å². The quantitative estimate of drug-likeness (QED) is 0.796. The topological polar surface area (TPSA) is 78.5 Å². The molecule has 0 atom stereocenters. The molecule has 0 bridgehead atoms. The summed E-state index contributed by atoms with van der Waals surface area (Å²) in [5.74, 6) is -0.392. The summed E-state index contributed by atoms with van der Waals surface area (Å²) in [6, 6.07) is 10.1. The first-order chi connectivity index (χ1) is 12.8. The van der Waals surface area contributed by atoms with Crippen molar-refractivity contribution in [3.05, 3.63) is 52.5 Å². The van der Waals surface area contributed by atoms with E-state index < -0.39 is 15.9 Å². The molecule has 1 saturated heterocycles. The van der Waals surface area contributed by atoms with Crippen LogP contribution < -0.4 is 14.9 Å². The highest BCUT2D eigenvalue weighted by Gasteiger charge is 2.19. The van der Waals surface area contributed by atoms with Crippen molar-refractivity contribution in [2.75, 3.05) is 30.4 Å². The van der Waals surface area contributed by atoms with Gasteiger partial charge in [0.2, 0.25) is 10.0 Å². The van der Waals surface area contributed by atoms with Crippen molar-refractivity contribution >= 4 is 38.9 Å². The van der Waals surface area contributed by atoms with Gasteiger partial charge in [-0.15, -0.1) is 0 Å². The Bertz CT molecular complexity index is 970. The van der Waals surface area contributed by atoms with Gasteiger partial charge in [0.25, 0.3) is 5.91 Å². The average molecular weight is 408 g/mol. The number of carbonyl (C=O) groups is 1. The van der Waals surface area contributed by atoms with Crippen LogP contribution in [0.3, 0.4) is 0 Å². The van der Waals surface area contributed by atoms with Crippen molar-refractivity contribution in [3.8, 4) is 0 Å². The Balaban J connectivity index is 1.82. The van der Waals surface area contributed by atoms with E-state index >= 15 is 0 Å². The highest BCUT2D eigenvalue weighted by Crippen LogP contribution is 2.27. The van der Waals surface area contributed by atoms with Crippen molar-refractivity contribution in [2.45, 2.75) is 24.7 Å². The molecular formula is C19H22ClN3O3S. The summed E-state index contributed by atoms with van der Waals surface area (Å²) in [4.78, 5) is 14.8. The molecular weight excluding hydrogens is 386 g/mol. The largest absolute Gasteiger partial charge is 0.372 e. The Morgan fingerprint density at radius 1 is 1.11 bits per heavy atom. The summed E-state index contributed by atoms with van der Waals surface area (Å²) in [7, 11) is -2.45. The number of halogens is 1. The fraction of sp³-hybridized carbons (Fsp3) is 0.316. The van der Waals surface area contributed by atoms with Gasteiger partial charge in [0.05, 0.1) is 5.02 Å². The second kappa shape index (κ2) is 7.88. The van der Waals surface area contributed by atoms with Gasteiger partial charge in [0.1, 0.15) is 4.90 Å². The lowest BCUT2D eigenvalue weighted by atomic mass is 10.1. The predicted molar refractivity (Wildman–Crippen MR) is 108 cm³/mol. The summed E-state index contributed by atoms with van der Waals surface area (Å²) in [6.07, 6.45) is 2.40. The number of carbonyl (C=O) groups excluding carboxylic acids is 1. The fourth-order valence-corrected chi connectivity index (χ4v) is 4.36. The zero-order valence-electron chi connectivity index (χ0n) is 15.3. The van der Waals surface area contributed by atoms with E-state index in [9.17, 15) is 13.2 Å². The van der Waals surface area contributed by atoms with Crippen LogP contribution in [0.5, 0.6) is 0 Å². The smallest absolute Gasteiger partial charge is 0.255 e. The average Bonchev–Trinajstić information content (AvgIpc) is 3.18. The number of amides is 1. The Labute approximate surface area is 164 Å². The predicted octanol–water partition coefficient (Wildman–Crippen LogP) is 3.41. The molecule has 0 aliphatic carbocycles. The van der Waals surface area contributed by atoms with Crippen LogP contribution in [0.1, 0.15) is 28.8 Å². The lowest BCUT2D eigenvalue weighted by Crippen LogP contribution is -2.20.